The zero-order chi connectivity index (χ0) is 18.2. The van der Waals surface area contributed by atoms with Crippen LogP contribution in [0.25, 0.3) is 5.65 Å². The molecule has 7 heteroatoms. The molecule has 1 N–H and O–H groups in total. The van der Waals surface area contributed by atoms with Crippen LogP contribution in [0, 0.1) is 0 Å². The summed E-state index contributed by atoms with van der Waals surface area (Å²) in [5.41, 5.74) is 1.42. The Hall–Kier alpha value is -2.47. The van der Waals surface area contributed by atoms with Gasteiger partial charge < -0.3 is 4.98 Å². The molecule has 3 aromatic heterocycles. The van der Waals surface area contributed by atoms with E-state index in [0.29, 0.717) is 40.6 Å². The van der Waals surface area contributed by atoms with E-state index in [9.17, 15) is 9.59 Å². The molecule has 0 fully saturated rings. The number of carbonyl (C=O) groups is 1. The first-order valence-electron chi connectivity index (χ1n) is 8.26. The molecule has 4 rings (SSSR count). The van der Waals surface area contributed by atoms with Crippen LogP contribution in [-0.4, -0.2) is 25.1 Å². The van der Waals surface area contributed by atoms with Crippen molar-refractivity contribution >= 4 is 23.0 Å². The van der Waals surface area contributed by atoms with Gasteiger partial charge >= 0.3 is 0 Å². The fraction of sp³-hybridized carbons (Fsp3) is 0.333. The molecule has 0 aromatic carbocycles. The normalized spacial score (nSPS) is 19.3. The van der Waals surface area contributed by atoms with E-state index in [2.05, 4.69) is 15.0 Å². The molecule has 0 saturated heterocycles. The van der Waals surface area contributed by atoms with E-state index >= 15 is 0 Å². The lowest BCUT2D eigenvalue weighted by molar-refractivity contribution is 0.0871. The van der Waals surface area contributed by atoms with Gasteiger partial charge in [0.25, 0.3) is 0 Å². The van der Waals surface area contributed by atoms with Crippen molar-refractivity contribution in [2.45, 2.75) is 39.0 Å². The van der Waals surface area contributed by atoms with Crippen molar-refractivity contribution in [2.75, 3.05) is 0 Å². The third-order valence-electron chi connectivity index (χ3n) is 4.53. The van der Waals surface area contributed by atoms with E-state index in [4.69, 9.17) is 11.6 Å². The van der Waals surface area contributed by atoms with E-state index in [1.807, 2.05) is 20.8 Å². The van der Waals surface area contributed by atoms with Gasteiger partial charge in [0.15, 0.2) is 11.4 Å². The number of H-pyrrole nitrogens is 1. The summed E-state index contributed by atoms with van der Waals surface area (Å²) in [7, 11) is 0. The van der Waals surface area contributed by atoms with Crippen molar-refractivity contribution in [2.24, 2.45) is 0 Å². The summed E-state index contributed by atoms with van der Waals surface area (Å²) in [4.78, 5) is 36.0. The lowest BCUT2D eigenvalue weighted by atomic mass is 9.71. The van der Waals surface area contributed by atoms with Gasteiger partial charge in [0.2, 0.25) is 5.56 Å². The average molecular weight is 359 g/mol. The number of nitrogens with one attached hydrogen (secondary N) is 1. The first kappa shape index (κ1) is 17.4. The van der Waals surface area contributed by atoms with Crippen LogP contribution in [0.5, 0.6) is 0 Å². The Labute approximate surface area is 149 Å². The number of ketones is 1. The van der Waals surface area contributed by atoms with Crippen molar-refractivity contribution in [1.82, 2.24) is 19.4 Å². The molecule has 1 aliphatic carbocycles. The van der Waals surface area contributed by atoms with Gasteiger partial charge in [-0.15, -0.1) is 0 Å². The molecule has 1 aliphatic rings. The van der Waals surface area contributed by atoms with Gasteiger partial charge in [0, 0.05) is 29.7 Å². The Balaban J connectivity index is 0.000000880. The molecule has 130 valence electrons. The molecule has 6 nitrogen and oxygen atoms in total. The number of Topliss-reactive ketones (excluding diaryl/α,β-unsaturated/α-hetero) is 1. The molecule has 1 atom stereocenters. The first-order valence-corrected chi connectivity index (χ1v) is 8.63. The predicted molar refractivity (Wildman–Crippen MR) is 96.4 cm³/mol. The molecule has 3 heterocycles. The van der Waals surface area contributed by atoms with E-state index < -0.39 is 5.41 Å². The van der Waals surface area contributed by atoms with Gasteiger partial charge in [-0.3, -0.25) is 19.0 Å². The van der Waals surface area contributed by atoms with E-state index in [1.165, 1.54) is 12.3 Å². The Bertz CT molecular complexity index is 1010. The zero-order valence-electron chi connectivity index (χ0n) is 14.3. The molecule has 0 saturated carbocycles. The van der Waals surface area contributed by atoms with Gasteiger partial charge in [-0.25, -0.2) is 4.98 Å². The van der Waals surface area contributed by atoms with E-state index in [1.54, 1.807) is 22.9 Å². The smallest absolute Gasteiger partial charge is 0.248 e. The first-order chi connectivity index (χ1) is 12.0. The summed E-state index contributed by atoms with van der Waals surface area (Å²) in [6.07, 6.45) is 6.06. The fourth-order valence-corrected chi connectivity index (χ4v) is 3.40. The van der Waals surface area contributed by atoms with Crippen LogP contribution in [0.2, 0.25) is 5.15 Å². The topological polar surface area (TPSA) is 80.1 Å². The number of carbonyl (C=O) groups excluding carboxylic acids is 1. The van der Waals surface area contributed by atoms with Gasteiger partial charge in [0.05, 0.1) is 17.3 Å². The number of aryl methyl sites for hydroxylation is 1. The van der Waals surface area contributed by atoms with Crippen molar-refractivity contribution in [3.05, 3.63) is 63.2 Å². The second kappa shape index (κ2) is 6.44. The van der Waals surface area contributed by atoms with Crippen molar-refractivity contribution < 1.29 is 4.79 Å². The van der Waals surface area contributed by atoms with Crippen LogP contribution in [0.3, 0.4) is 0 Å². The molecule has 25 heavy (non-hydrogen) atoms. The highest BCUT2D eigenvalue weighted by Crippen LogP contribution is 2.38. The molecule has 1 unspecified atom stereocenters. The van der Waals surface area contributed by atoms with Crippen LogP contribution in [-0.2, 0) is 11.8 Å². The highest BCUT2D eigenvalue weighted by Gasteiger charge is 2.43. The summed E-state index contributed by atoms with van der Waals surface area (Å²) in [6.45, 7) is 5.87. The van der Waals surface area contributed by atoms with Crippen LogP contribution in [0.4, 0.5) is 0 Å². The van der Waals surface area contributed by atoms with E-state index in [-0.39, 0.29) is 11.3 Å². The van der Waals surface area contributed by atoms with Crippen LogP contribution < -0.4 is 5.56 Å². The highest BCUT2D eigenvalue weighted by molar-refractivity contribution is 6.29. The average Bonchev–Trinajstić information content (AvgIpc) is 3.11. The third kappa shape index (κ3) is 2.66. The van der Waals surface area contributed by atoms with Crippen molar-refractivity contribution in [1.29, 1.82) is 0 Å². The quantitative estimate of drug-likeness (QED) is 0.724. The number of aromatic amines is 1. The molecule has 0 bridgehead atoms. The molecule has 3 aromatic rings. The number of hydrogen-bond donors (Lipinski definition) is 1. The van der Waals surface area contributed by atoms with Gasteiger partial charge in [0.1, 0.15) is 5.15 Å². The van der Waals surface area contributed by atoms with Crippen LogP contribution >= 0.6 is 11.6 Å². The van der Waals surface area contributed by atoms with Gasteiger partial charge in [-0.05, 0) is 25.8 Å². The standard InChI is InChI=1S/C16H13ClN4O2.C2H6/c1-16(13-15-18-6-7-21(15)11(17)8-19-13)5-4-10-9(14(16)23)2-3-12(22)20-10;1-2/h2-3,6-8H,4-5H2,1H3,(H,20,22);1-2H3. The van der Waals surface area contributed by atoms with Crippen LogP contribution in [0.1, 0.15) is 48.9 Å². The number of hydrogen-bond acceptors (Lipinski definition) is 4. The molecule has 0 amide bonds. The van der Waals surface area contributed by atoms with Crippen LogP contribution in [0.15, 0.2) is 35.5 Å². The Morgan fingerprint density at radius 2 is 2.00 bits per heavy atom. The maximum atomic E-state index is 13.1. The molecule has 0 spiro atoms. The summed E-state index contributed by atoms with van der Waals surface area (Å²) in [5, 5.41) is 0.442. The summed E-state index contributed by atoms with van der Waals surface area (Å²) >= 11 is 6.13. The number of aromatic nitrogens is 4. The second-order valence-corrected chi connectivity index (χ2v) is 6.31. The minimum Gasteiger partial charge on any atom is -0.325 e. The largest absolute Gasteiger partial charge is 0.325 e. The Morgan fingerprint density at radius 1 is 1.24 bits per heavy atom. The predicted octanol–water partition coefficient (Wildman–Crippen LogP) is 3.18. The Kier molecular flexibility index (Phi) is 4.47. The lowest BCUT2D eigenvalue weighted by Gasteiger charge is -2.32. The summed E-state index contributed by atoms with van der Waals surface area (Å²) in [5.74, 6) is -0.0604. The monoisotopic (exact) mass is 358 g/mol. The molecule has 0 aliphatic heterocycles. The molecule has 0 radical (unpaired) electrons. The van der Waals surface area contributed by atoms with Crippen molar-refractivity contribution in [3.8, 4) is 0 Å². The highest BCUT2D eigenvalue weighted by atomic mass is 35.5. The fourth-order valence-electron chi connectivity index (χ4n) is 3.22. The summed E-state index contributed by atoms with van der Waals surface area (Å²) in [6, 6.07) is 2.97. The number of pyridine rings is 1. The number of fused-ring (bicyclic) bond motifs is 2. The minimum absolute atomic E-state index is 0.0604. The van der Waals surface area contributed by atoms with E-state index in [0.717, 1.165) is 0 Å². The maximum Gasteiger partial charge on any atom is 0.248 e. The number of rotatable bonds is 1. The van der Waals surface area contributed by atoms with Gasteiger partial charge in [-0.1, -0.05) is 25.4 Å². The summed E-state index contributed by atoms with van der Waals surface area (Å²) < 4.78 is 1.71. The number of halogens is 1. The van der Waals surface area contributed by atoms with Crippen molar-refractivity contribution in [3.63, 3.8) is 0 Å². The second-order valence-electron chi connectivity index (χ2n) is 5.93. The lowest BCUT2D eigenvalue weighted by Crippen LogP contribution is -2.39. The maximum absolute atomic E-state index is 13.1. The molecular formula is C18H19ClN4O2. The number of imidazole rings is 1. The molecular weight excluding hydrogens is 340 g/mol. The Morgan fingerprint density at radius 3 is 2.76 bits per heavy atom. The van der Waals surface area contributed by atoms with Gasteiger partial charge in [-0.2, -0.15) is 0 Å². The zero-order valence-corrected chi connectivity index (χ0v) is 15.1. The SMILES string of the molecule is CC.CC1(c2ncc(Cl)n3ccnc23)CCc2[nH]c(=O)ccc2C1=O. The number of nitrogens with zero attached hydrogens (tertiary/aromatic N) is 3. The minimum atomic E-state index is -0.803. The third-order valence-corrected chi connectivity index (χ3v) is 4.81.